The number of carbonyl (C=O) groups is 1. The molecule has 5 rings (SSSR count). The summed E-state index contributed by atoms with van der Waals surface area (Å²) in [6, 6.07) is 19.5. The SMILES string of the molecule is Cc1ccc2oc3c(c(=O)c2c1)C(c1ccc(Cl)c(Cl)c1)N(Cc1ccccc1)C3=O. The Morgan fingerprint density at radius 2 is 1.71 bits per heavy atom. The Balaban J connectivity index is 1.75. The molecule has 4 nitrogen and oxygen atoms in total. The van der Waals surface area contributed by atoms with Gasteiger partial charge in [0.05, 0.1) is 27.0 Å². The molecule has 0 saturated carbocycles. The maximum Gasteiger partial charge on any atom is 0.291 e. The number of aryl methyl sites for hydroxylation is 1. The average molecular weight is 450 g/mol. The number of halogens is 2. The van der Waals surface area contributed by atoms with E-state index in [1.807, 2.05) is 43.3 Å². The van der Waals surface area contributed by atoms with Gasteiger partial charge in [-0.2, -0.15) is 0 Å². The third kappa shape index (κ3) is 3.32. The number of carbonyl (C=O) groups excluding carboxylic acids is 1. The first-order valence-electron chi connectivity index (χ1n) is 9.81. The van der Waals surface area contributed by atoms with Crippen molar-refractivity contribution in [2.24, 2.45) is 0 Å². The van der Waals surface area contributed by atoms with Gasteiger partial charge >= 0.3 is 0 Å². The summed E-state index contributed by atoms with van der Waals surface area (Å²) in [5, 5.41) is 1.23. The monoisotopic (exact) mass is 449 g/mol. The second-order valence-electron chi connectivity index (χ2n) is 7.67. The molecule has 4 aromatic rings. The Kier molecular flexibility index (Phi) is 4.84. The molecule has 0 fully saturated rings. The molecule has 2 heterocycles. The molecular weight excluding hydrogens is 433 g/mol. The van der Waals surface area contributed by atoms with Gasteiger partial charge in [-0.1, -0.05) is 71.2 Å². The first-order chi connectivity index (χ1) is 14.9. The summed E-state index contributed by atoms with van der Waals surface area (Å²) in [5.74, 6) is -0.247. The summed E-state index contributed by atoms with van der Waals surface area (Å²) in [7, 11) is 0. The molecule has 1 aromatic heterocycles. The largest absolute Gasteiger partial charge is 0.450 e. The fraction of sp³-hybridized carbons (Fsp3) is 0.120. The van der Waals surface area contributed by atoms with Gasteiger partial charge in [0.1, 0.15) is 5.58 Å². The van der Waals surface area contributed by atoms with Crippen molar-refractivity contribution in [2.75, 3.05) is 0 Å². The summed E-state index contributed by atoms with van der Waals surface area (Å²) >= 11 is 12.4. The minimum absolute atomic E-state index is 0.0772. The van der Waals surface area contributed by atoms with Crippen molar-refractivity contribution in [2.45, 2.75) is 19.5 Å². The van der Waals surface area contributed by atoms with Crippen LogP contribution < -0.4 is 5.43 Å². The highest BCUT2D eigenvalue weighted by Crippen LogP contribution is 2.40. The molecular formula is C25H17Cl2NO3. The predicted octanol–water partition coefficient (Wildman–Crippen LogP) is 6.15. The van der Waals surface area contributed by atoms with Gasteiger partial charge in [-0.15, -0.1) is 0 Å². The lowest BCUT2D eigenvalue weighted by Crippen LogP contribution is -2.29. The number of fused-ring (bicyclic) bond motifs is 2. The fourth-order valence-electron chi connectivity index (χ4n) is 4.11. The molecule has 0 aliphatic carbocycles. The third-order valence-electron chi connectivity index (χ3n) is 5.58. The molecule has 1 atom stereocenters. The molecule has 0 saturated heterocycles. The van der Waals surface area contributed by atoms with Crippen molar-refractivity contribution in [1.82, 2.24) is 4.90 Å². The van der Waals surface area contributed by atoms with Crippen LogP contribution in [-0.4, -0.2) is 10.8 Å². The molecule has 0 spiro atoms. The van der Waals surface area contributed by atoms with E-state index in [4.69, 9.17) is 27.6 Å². The van der Waals surface area contributed by atoms with E-state index < -0.39 is 6.04 Å². The maximum atomic E-state index is 13.6. The van der Waals surface area contributed by atoms with E-state index >= 15 is 0 Å². The highest BCUT2D eigenvalue weighted by atomic mass is 35.5. The molecule has 0 bridgehead atoms. The van der Waals surface area contributed by atoms with Crippen LogP contribution in [-0.2, 0) is 6.54 Å². The van der Waals surface area contributed by atoms with Gasteiger partial charge < -0.3 is 9.32 Å². The first kappa shape index (κ1) is 19.9. The lowest BCUT2D eigenvalue weighted by Gasteiger charge is -2.25. The van der Waals surface area contributed by atoms with E-state index in [0.29, 0.717) is 38.7 Å². The minimum atomic E-state index is -0.626. The Morgan fingerprint density at radius 3 is 2.45 bits per heavy atom. The van der Waals surface area contributed by atoms with E-state index in [9.17, 15) is 9.59 Å². The quantitative estimate of drug-likeness (QED) is 0.376. The van der Waals surface area contributed by atoms with Gasteiger partial charge in [0.2, 0.25) is 5.76 Å². The zero-order chi connectivity index (χ0) is 21.7. The molecule has 3 aromatic carbocycles. The number of hydrogen-bond donors (Lipinski definition) is 0. The van der Waals surface area contributed by atoms with E-state index in [0.717, 1.165) is 11.1 Å². The highest BCUT2D eigenvalue weighted by Gasteiger charge is 2.42. The van der Waals surface area contributed by atoms with E-state index in [1.54, 1.807) is 35.2 Å². The average Bonchev–Trinajstić information content (AvgIpc) is 3.03. The second-order valence-corrected chi connectivity index (χ2v) is 8.48. The van der Waals surface area contributed by atoms with Crippen molar-refractivity contribution in [1.29, 1.82) is 0 Å². The zero-order valence-electron chi connectivity index (χ0n) is 16.6. The van der Waals surface area contributed by atoms with Gasteiger partial charge in [-0.3, -0.25) is 9.59 Å². The zero-order valence-corrected chi connectivity index (χ0v) is 18.1. The lowest BCUT2D eigenvalue weighted by molar-refractivity contribution is 0.0714. The van der Waals surface area contributed by atoms with Gasteiger partial charge in [0.25, 0.3) is 5.91 Å². The van der Waals surface area contributed by atoms with Crippen LogP contribution in [0.5, 0.6) is 0 Å². The number of benzene rings is 3. The number of amides is 1. The van der Waals surface area contributed by atoms with Crippen LogP contribution in [0.2, 0.25) is 10.0 Å². The molecule has 0 N–H and O–H groups in total. The third-order valence-corrected chi connectivity index (χ3v) is 6.32. The molecule has 6 heteroatoms. The van der Waals surface area contributed by atoms with Crippen molar-refractivity contribution in [3.8, 4) is 0 Å². The van der Waals surface area contributed by atoms with Crippen LogP contribution in [0.1, 0.15) is 38.9 Å². The molecule has 1 unspecified atom stereocenters. The number of nitrogens with zero attached hydrogens (tertiary/aromatic N) is 1. The number of rotatable bonds is 3. The Morgan fingerprint density at radius 1 is 0.935 bits per heavy atom. The summed E-state index contributed by atoms with van der Waals surface area (Å²) in [5.41, 5.74) is 3.11. The molecule has 1 amide bonds. The minimum Gasteiger partial charge on any atom is -0.450 e. The summed E-state index contributed by atoms with van der Waals surface area (Å²) < 4.78 is 5.98. The normalized spacial score (nSPS) is 15.5. The van der Waals surface area contributed by atoms with Crippen molar-refractivity contribution in [3.63, 3.8) is 0 Å². The van der Waals surface area contributed by atoms with Crippen LogP contribution in [0.3, 0.4) is 0 Å². The van der Waals surface area contributed by atoms with Gasteiger partial charge in [0, 0.05) is 6.54 Å². The fourth-order valence-corrected chi connectivity index (χ4v) is 4.41. The van der Waals surface area contributed by atoms with Crippen molar-refractivity contribution >= 4 is 40.1 Å². The molecule has 154 valence electrons. The van der Waals surface area contributed by atoms with Crippen LogP contribution in [0.4, 0.5) is 0 Å². The topological polar surface area (TPSA) is 50.5 Å². The maximum absolute atomic E-state index is 13.6. The molecule has 1 aliphatic rings. The standard InChI is InChI=1S/C25H17Cl2NO3/c1-14-7-10-20-17(11-14)23(29)21-22(16-8-9-18(26)19(27)12-16)28(25(30)24(21)31-20)13-15-5-3-2-4-6-15/h2-12,22H,13H2,1H3. The van der Waals surface area contributed by atoms with Crippen LogP contribution in [0, 0.1) is 6.92 Å². The lowest BCUT2D eigenvalue weighted by atomic mass is 9.98. The van der Waals surface area contributed by atoms with E-state index in [2.05, 4.69) is 0 Å². The number of hydrogen-bond acceptors (Lipinski definition) is 3. The van der Waals surface area contributed by atoms with Gasteiger partial charge in [-0.05, 0) is 42.3 Å². The van der Waals surface area contributed by atoms with Gasteiger partial charge in [-0.25, -0.2) is 0 Å². The summed E-state index contributed by atoms with van der Waals surface area (Å²) in [4.78, 5) is 28.6. The molecule has 0 radical (unpaired) electrons. The first-order valence-corrected chi connectivity index (χ1v) is 10.6. The van der Waals surface area contributed by atoms with E-state index in [-0.39, 0.29) is 17.1 Å². The predicted molar refractivity (Wildman–Crippen MR) is 122 cm³/mol. The highest BCUT2D eigenvalue weighted by molar-refractivity contribution is 6.42. The molecule has 31 heavy (non-hydrogen) atoms. The Labute approximate surface area is 188 Å². The van der Waals surface area contributed by atoms with Crippen molar-refractivity contribution in [3.05, 3.63) is 115 Å². The summed E-state index contributed by atoms with van der Waals surface area (Å²) in [6.45, 7) is 2.24. The Bertz CT molecular complexity index is 1400. The molecule has 1 aliphatic heterocycles. The van der Waals surface area contributed by atoms with Crippen LogP contribution in [0.25, 0.3) is 11.0 Å². The Hall–Kier alpha value is -3.08. The summed E-state index contributed by atoms with van der Waals surface area (Å²) in [6.07, 6.45) is 0. The van der Waals surface area contributed by atoms with Crippen LogP contribution >= 0.6 is 23.2 Å². The van der Waals surface area contributed by atoms with E-state index in [1.165, 1.54) is 0 Å². The van der Waals surface area contributed by atoms with Gasteiger partial charge in [0.15, 0.2) is 5.43 Å². The smallest absolute Gasteiger partial charge is 0.291 e. The van der Waals surface area contributed by atoms with Crippen molar-refractivity contribution < 1.29 is 9.21 Å². The second kappa shape index (κ2) is 7.56. The van der Waals surface area contributed by atoms with Crippen LogP contribution in [0.15, 0.2) is 75.9 Å².